The van der Waals surface area contributed by atoms with Gasteiger partial charge in [-0.3, -0.25) is 14.8 Å². The summed E-state index contributed by atoms with van der Waals surface area (Å²) < 4.78 is 14.8. The summed E-state index contributed by atoms with van der Waals surface area (Å²) in [5.74, 6) is 0.301. The van der Waals surface area contributed by atoms with E-state index in [9.17, 15) is 19.8 Å². The van der Waals surface area contributed by atoms with Crippen LogP contribution in [-0.2, 0) is 32.2 Å². The number of benzene rings is 4. The molecule has 4 aromatic carbocycles. The number of carbonyl (C=O) groups is 2. The third-order valence-electron chi connectivity index (χ3n) is 9.14. The lowest BCUT2D eigenvalue weighted by Crippen LogP contribution is -2.31. The highest BCUT2D eigenvalue weighted by molar-refractivity contribution is 7.99. The molecule has 1 aliphatic rings. The second kappa shape index (κ2) is 19.3. The number of nitrogens with one attached hydrogen (secondary N) is 2. The number of aromatic hydroxyl groups is 1. The van der Waals surface area contributed by atoms with Crippen LogP contribution in [0.15, 0.2) is 102 Å². The number of unbranched alkanes of at least 4 members (excludes halogenated alkanes) is 3. The van der Waals surface area contributed by atoms with Gasteiger partial charge in [0.05, 0.1) is 24.5 Å². The van der Waals surface area contributed by atoms with Crippen LogP contribution in [-0.4, -0.2) is 59.3 Å². The van der Waals surface area contributed by atoms with Crippen LogP contribution in [0.3, 0.4) is 0 Å². The largest absolute Gasteiger partial charge is 0.508 e. The highest BCUT2D eigenvalue weighted by atomic mass is 32.2. The number of hydrogen-bond donors (Lipinski definition) is 5. The number of aliphatic hydroxyl groups excluding tert-OH is 1. The summed E-state index contributed by atoms with van der Waals surface area (Å²) in [5, 5.41) is 43.8. The average Bonchev–Trinajstić information content (AvgIpc) is 3.69. The lowest BCUT2D eigenvalue weighted by Gasteiger charge is -2.36. The number of ether oxygens (including phenoxy) is 2. The number of thioether (sulfide) groups is 1. The van der Waals surface area contributed by atoms with Gasteiger partial charge in [-0.15, -0.1) is 5.10 Å². The van der Waals surface area contributed by atoms with Gasteiger partial charge in [0.25, 0.3) is 0 Å². The van der Waals surface area contributed by atoms with Crippen molar-refractivity contribution in [2.75, 3.05) is 5.75 Å². The highest BCUT2D eigenvalue weighted by Gasteiger charge is 2.33. The number of hydrogen-bond acceptors (Lipinski definition) is 11. The molecule has 0 radical (unpaired) electrons. The maximum absolute atomic E-state index is 12.5. The molecule has 0 spiro atoms. The predicted molar refractivity (Wildman–Crippen MR) is 201 cm³/mol. The number of phenolic OH excluding ortho intramolecular Hbond substituents is 1. The molecule has 282 valence electrons. The van der Waals surface area contributed by atoms with E-state index in [2.05, 4.69) is 33.0 Å². The van der Waals surface area contributed by atoms with E-state index in [4.69, 9.17) is 14.7 Å². The summed E-state index contributed by atoms with van der Waals surface area (Å²) in [6.07, 6.45) is 3.21. The number of aromatic nitrogens is 4. The van der Waals surface area contributed by atoms with Crippen LogP contribution in [0.1, 0.15) is 79.6 Å². The molecule has 1 aromatic heterocycles. The Morgan fingerprint density at radius 1 is 0.815 bits per heavy atom. The first kappa shape index (κ1) is 38.6. The third kappa shape index (κ3) is 10.7. The molecule has 0 unspecified atom stereocenters. The minimum absolute atomic E-state index is 0.0211. The number of nitrogens with zero attached hydrogens (tertiary/aromatic N) is 4. The van der Waals surface area contributed by atoms with Crippen molar-refractivity contribution in [3.63, 3.8) is 0 Å². The number of hydroxylamine groups is 1. The van der Waals surface area contributed by atoms with Crippen molar-refractivity contribution >= 4 is 23.6 Å². The van der Waals surface area contributed by atoms with E-state index in [0.717, 1.165) is 58.3 Å². The van der Waals surface area contributed by atoms with Gasteiger partial charge in [-0.25, -0.2) is 5.48 Å². The number of rotatable bonds is 17. The lowest BCUT2D eigenvalue weighted by atomic mass is 9.99. The Balaban J connectivity index is 1.11. The second-order valence-corrected chi connectivity index (χ2v) is 14.1. The molecule has 54 heavy (non-hydrogen) atoms. The highest BCUT2D eigenvalue weighted by Crippen LogP contribution is 2.40. The van der Waals surface area contributed by atoms with E-state index in [-0.39, 0.29) is 36.9 Å². The minimum atomic E-state index is -0.658. The van der Waals surface area contributed by atoms with E-state index >= 15 is 0 Å². The standard InChI is InChI=1S/C40H44N6O7S/c47-25-27-13-15-29(16-14-27)36-23-35(26-54-40-42-44-45-46(40)33-17-19-34(48)20-18-33)52-39(53-36)32-10-6-9-31(22-32)30-8-5-7-28(21-30)24-41-37(49)11-3-1-2-4-12-38(50)43-51/h5-10,13-22,35-36,39,47-48,51H,1-4,11-12,23-26H2,(H,41,49)(H,43,50)/t35-,36+,39+/m0/s1. The van der Waals surface area contributed by atoms with Crippen molar-refractivity contribution in [2.24, 2.45) is 0 Å². The molecule has 5 aromatic rings. The first-order chi connectivity index (χ1) is 26.4. The zero-order valence-electron chi connectivity index (χ0n) is 29.7. The number of phenols is 1. The Kier molecular flexibility index (Phi) is 13.8. The molecular formula is C40H44N6O7S. The van der Waals surface area contributed by atoms with Gasteiger partial charge >= 0.3 is 0 Å². The van der Waals surface area contributed by atoms with E-state index in [0.29, 0.717) is 36.7 Å². The Morgan fingerprint density at radius 2 is 1.54 bits per heavy atom. The summed E-state index contributed by atoms with van der Waals surface area (Å²) >= 11 is 1.48. The lowest BCUT2D eigenvalue weighted by molar-refractivity contribution is -0.245. The molecule has 1 saturated heterocycles. The maximum atomic E-state index is 12.5. The van der Waals surface area contributed by atoms with Crippen molar-refractivity contribution in [2.45, 2.75) is 81.8 Å². The fraction of sp³-hybridized carbons (Fsp3) is 0.325. The molecule has 0 saturated carbocycles. The predicted octanol–water partition coefficient (Wildman–Crippen LogP) is 6.33. The van der Waals surface area contributed by atoms with Gasteiger partial charge in [-0.05, 0) is 87.5 Å². The fourth-order valence-electron chi connectivity index (χ4n) is 6.21. The van der Waals surface area contributed by atoms with Gasteiger partial charge in [-0.2, -0.15) is 4.68 Å². The molecular weight excluding hydrogens is 709 g/mol. The smallest absolute Gasteiger partial charge is 0.243 e. The summed E-state index contributed by atoms with van der Waals surface area (Å²) in [6.45, 7) is 0.368. The summed E-state index contributed by atoms with van der Waals surface area (Å²) in [6, 6.07) is 30.6. The molecule has 2 heterocycles. The van der Waals surface area contributed by atoms with Gasteiger partial charge in [0.1, 0.15) is 5.75 Å². The summed E-state index contributed by atoms with van der Waals surface area (Å²) in [4.78, 5) is 23.6. The van der Waals surface area contributed by atoms with Crippen LogP contribution in [0.25, 0.3) is 16.8 Å². The molecule has 0 bridgehead atoms. The van der Waals surface area contributed by atoms with Gasteiger partial charge in [-0.1, -0.05) is 85.3 Å². The molecule has 13 nitrogen and oxygen atoms in total. The van der Waals surface area contributed by atoms with Crippen molar-refractivity contribution in [3.8, 4) is 22.6 Å². The van der Waals surface area contributed by atoms with Gasteiger partial charge in [0, 0.05) is 37.1 Å². The van der Waals surface area contributed by atoms with Crippen LogP contribution in [0.2, 0.25) is 0 Å². The molecule has 6 rings (SSSR count). The third-order valence-corrected chi connectivity index (χ3v) is 10.2. The average molecular weight is 753 g/mol. The maximum Gasteiger partial charge on any atom is 0.243 e. The zero-order valence-corrected chi connectivity index (χ0v) is 30.5. The normalized spacial score (nSPS) is 16.9. The van der Waals surface area contributed by atoms with E-state index in [1.807, 2.05) is 60.7 Å². The molecule has 3 atom stereocenters. The van der Waals surface area contributed by atoms with Crippen molar-refractivity contribution in [3.05, 3.63) is 119 Å². The SMILES string of the molecule is O=C(CCCCCCC(=O)NCc1cccc(-c2cccc([C@@H]3O[C@H](CSc4nnnn4-c4ccc(O)cc4)C[C@H](c4ccc(CO)cc4)O3)c2)c1)NO. The van der Waals surface area contributed by atoms with Crippen LogP contribution in [0.4, 0.5) is 0 Å². The number of aliphatic hydroxyl groups is 1. The summed E-state index contributed by atoms with van der Waals surface area (Å²) in [5.41, 5.74) is 7.99. The summed E-state index contributed by atoms with van der Waals surface area (Å²) in [7, 11) is 0. The Bertz CT molecular complexity index is 1970. The monoisotopic (exact) mass is 752 g/mol. The fourth-order valence-corrected chi connectivity index (χ4v) is 7.12. The molecule has 0 aliphatic carbocycles. The Morgan fingerprint density at radius 3 is 2.28 bits per heavy atom. The molecule has 5 N–H and O–H groups in total. The number of amides is 2. The van der Waals surface area contributed by atoms with Crippen molar-refractivity contribution in [1.29, 1.82) is 0 Å². The zero-order chi connectivity index (χ0) is 37.7. The minimum Gasteiger partial charge on any atom is -0.508 e. The first-order valence-corrected chi connectivity index (χ1v) is 19.0. The topological polar surface area (TPSA) is 181 Å². The quantitative estimate of drug-likeness (QED) is 0.0310. The van der Waals surface area contributed by atoms with Crippen LogP contribution in [0.5, 0.6) is 5.75 Å². The molecule has 1 aliphatic heterocycles. The van der Waals surface area contributed by atoms with Gasteiger partial charge in [0.15, 0.2) is 6.29 Å². The van der Waals surface area contributed by atoms with Gasteiger partial charge < -0.3 is 25.0 Å². The van der Waals surface area contributed by atoms with Crippen LogP contribution >= 0.6 is 11.8 Å². The van der Waals surface area contributed by atoms with Crippen LogP contribution < -0.4 is 10.8 Å². The Labute approximate surface area is 317 Å². The van der Waals surface area contributed by atoms with Gasteiger partial charge in [0.2, 0.25) is 17.0 Å². The van der Waals surface area contributed by atoms with E-state index in [1.54, 1.807) is 34.4 Å². The van der Waals surface area contributed by atoms with E-state index in [1.165, 1.54) is 11.8 Å². The Hall–Kier alpha value is -5.12. The molecule has 1 fully saturated rings. The van der Waals surface area contributed by atoms with E-state index < -0.39 is 12.2 Å². The number of carbonyl (C=O) groups excluding carboxylic acids is 2. The number of tetrazole rings is 1. The molecule has 14 heteroatoms. The molecule has 2 amide bonds. The first-order valence-electron chi connectivity index (χ1n) is 18.0. The van der Waals surface area contributed by atoms with Crippen molar-refractivity contribution < 1.29 is 34.5 Å². The second-order valence-electron chi connectivity index (χ2n) is 13.1. The van der Waals surface area contributed by atoms with Crippen LogP contribution in [0, 0.1) is 0 Å². The van der Waals surface area contributed by atoms with Crippen molar-refractivity contribution in [1.82, 2.24) is 31.0 Å².